The Morgan fingerprint density at radius 2 is 1.94 bits per heavy atom. The molecule has 31 heavy (non-hydrogen) atoms. The Morgan fingerprint density at radius 3 is 2.58 bits per heavy atom. The van der Waals surface area contributed by atoms with E-state index in [2.05, 4.69) is 21.2 Å². The van der Waals surface area contributed by atoms with Crippen molar-refractivity contribution in [2.75, 3.05) is 38.0 Å². The number of nitrogens with zero attached hydrogens (tertiary/aromatic N) is 3. The third-order valence-electron chi connectivity index (χ3n) is 7.24. The fourth-order valence-electron chi connectivity index (χ4n) is 5.32. The fourth-order valence-corrected chi connectivity index (χ4v) is 5.54. The van der Waals surface area contributed by atoms with Gasteiger partial charge in [-0.1, -0.05) is 24.4 Å². The summed E-state index contributed by atoms with van der Waals surface area (Å²) in [4.78, 5) is 4.69. The highest BCUT2D eigenvalue weighted by atomic mass is 35.5. The quantitative estimate of drug-likeness (QED) is 0.439. The van der Waals surface area contributed by atoms with Crippen LogP contribution in [-0.4, -0.2) is 65.6 Å². The van der Waals surface area contributed by atoms with Crippen molar-refractivity contribution >= 4 is 23.1 Å². The molecule has 1 unspecified atom stereocenters. The molecule has 0 bridgehead atoms. The molecule has 2 aliphatic heterocycles. The van der Waals surface area contributed by atoms with E-state index in [0.717, 1.165) is 63.5 Å². The highest BCUT2D eigenvalue weighted by molar-refractivity contribution is 6.32. The van der Waals surface area contributed by atoms with Crippen molar-refractivity contribution in [3.63, 3.8) is 0 Å². The molecule has 3 N–H and O–H groups in total. The third kappa shape index (κ3) is 5.71. The molecule has 1 atom stereocenters. The van der Waals surface area contributed by atoms with Crippen LogP contribution in [0.4, 0.5) is 5.69 Å². The highest BCUT2D eigenvalue weighted by Crippen LogP contribution is 2.33. The Balaban J connectivity index is 1.30. The molecule has 168 valence electrons. The van der Waals surface area contributed by atoms with Crippen LogP contribution in [0.25, 0.3) is 0 Å². The maximum atomic E-state index is 9.68. The number of nitriles is 1. The van der Waals surface area contributed by atoms with E-state index in [4.69, 9.17) is 22.3 Å². The predicted octanol–water partition coefficient (Wildman–Crippen LogP) is 3.94. The van der Waals surface area contributed by atoms with Crippen LogP contribution in [0.15, 0.2) is 18.2 Å². The Hall–Kier alpha value is -1.81. The number of anilines is 1. The van der Waals surface area contributed by atoms with Crippen molar-refractivity contribution in [3.05, 3.63) is 28.8 Å². The summed E-state index contributed by atoms with van der Waals surface area (Å²) >= 11 is 6.23. The molecule has 3 aliphatic rings. The summed E-state index contributed by atoms with van der Waals surface area (Å²) in [5.41, 5.74) is 1.43. The monoisotopic (exact) mass is 443 g/mol. The van der Waals surface area contributed by atoms with E-state index in [1.807, 2.05) is 12.1 Å². The summed E-state index contributed by atoms with van der Waals surface area (Å²) in [5, 5.41) is 31.6. The number of amidine groups is 1. The molecule has 3 fully saturated rings. The van der Waals surface area contributed by atoms with Crippen molar-refractivity contribution in [3.8, 4) is 6.07 Å². The molecule has 2 heterocycles. The number of likely N-dealkylation sites (tertiary alicyclic amines) is 2. The summed E-state index contributed by atoms with van der Waals surface area (Å²) in [7, 11) is 0. The molecule has 1 aromatic carbocycles. The Kier molecular flexibility index (Phi) is 7.37. The van der Waals surface area contributed by atoms with Gasteiger partial charge in [0.1, 0.15) is 6.07 Å². The van der Waals surface area contributed by atoms with Gasteiger partial charge in [0.15, 0.2) is 0 Å². The number of hydrogen-bond acceptors (Lipinski definition) is 5. The van der Waals surface area contributed by atoms with Crippen LogP contribution in [0, 0.1) is 28.6 Å². The first-order valence-corrected chi connectivity index (χ1v) is 12.1. The van der Waals surface area contributed by atoms with Crippen molar-refractivity contribution < 1.29 is 5.11 Å². The smallest absolute Gasteiger partial charge is 0.101 e. The van der Waals surface area contributed by atoms with Gasteiger partial charge in [-0.05, 0) is 49.8 Å². The number of piperidine rings is 1. The Morgan fingerprint density at radius 1 is 1.23 bits per heavy atom. The molecule has 0 spiro atoms. The van der Waals surface area contributed by atoms with Gasteiger partial charge in [-0.3, -0.25) is 5.41 Å². The van der Waals surface area contributed by atoms with Crippen LogP contribution in [0.5, 0.6) is 0 Å². The molecule has 0 radical (unpaired) electrons. The number of hydrogen-bond donors (Lipinski definition) is 3. The summed E-state index contributed by atoms with van der Waals surface area (Å²) in [6, 6.07) is 7.86. The average Bonchev–Trinajstić information content (AvgIpc) is 3.26. The zero-order valence-corrected chi connectivity index (χ0v) is 18.9. The lowest BCUT2D eigenvalue weighted by molar-refractivity contribution is 0.0551. The number of halogens is 1. The normalized spacial score (nSPS) is 22.2. The van der Waals surface area contributed by atoms with Gasteiger partial charge in [0.25, 0.3) is 0 Å². The minimum Gasteiger partial charge on any atom is -0.393 e. The van der Waals surface area contributed by atoms with E-state index in [1.165, 1.54) is 25.7 Å². The largest absolute Gasteiger partial charge is 0.393 e. The fraction of sp³-hybridized carbons (Fsp3) is 0.667. The van der Waals surface area contributed by atoms with Crippen molar-refractivity contribution in [2.24, 2.45) is 11.8 Å². The van der Waals surface area contributed by atoms with Crippen molar-refractivity contribution in [1.82, 2.24) is 9.80 Å². The average molecular weight is 444 g/mol. The van der Waals surface area contributed by atoms with Gasteiger partial charge in [-0.2, -0.15) is 5.26 Å². The zero-order valence-electron chi connectivity index (χ0n) is 18.2. The minimum atomic E-state index is -0.117. The van der Waals surface area contributed by atoms with E-state index in [0.29, 0.717) is 22.4 Å². The van der Waals surface area contributed by atoms with Gasteiger partial charge in [0, 0.05) is 56.8 Å². The van der Waals surface area contributed by atoms with Crippen LogP contribution < -0.4 is 5.32 Å². The van der Waals surface area contributed by atoms with Crippen LogP contribution in [0.2, 0.25) is 5.02 Å². The molecular formula is C24H34ClN5O. The SMILES string of the molecule is N#Cc1ccc(NC(CC(=N)N2CC(CN3CCC(O)CC3)C2)C2CCCC2)cc1Cl. The second-order valence-electron chi connectivity index (χ2n) is 9.56. The van der Waals surface area contributed by atoms with E-state index < -0.39 is 0 Å². The molecule has 1 aliphatic carbocycles. The Bertz CT molecular complexity index is 805. The van der Waals surface area contributed by atoms with E-state index in [9.17, 15) is 5.11 Å². The van der Waals surface area contributed by atoms with Gasteiger partial charge in [0.05, 0.1) is 22.5 Å². The summed E-state index contributed by atoms with van der Waals surface area (Å²) in [5.74, 6) is 1.94. The van der Waals surface area contributed by atoms with Gasteiger partial charge in [-0.15, -0.1) is 0 Å². The first-order valence-electron chi connectivity index (χ1n) is 11.7. The Labute approximate surface area is 190 Å². The van der Waals surface area contributed by atoms with Crippen molar-refractivity contribution in [2.45, 2.75) is 57.1 Å². The lowest BCUT2D eigenvalue weighted by atomic mass is 9.92. The van der Waals surface area contributed by atoms with Gasteiger partial charge in [0.2, 0.25) is 0 Å². The molecule has 7 heteroatoms. The predicted molar refractivity (Wildman–Crippen MR) is 125 cm³/mol. The van der Waals surface area contributed by atoms with Gasteiger partial charge in [-0.25, -0.2) is 0 Å². The molecular weight excluding hydrogens is 410 g/mol. The molecule has 1 aromatic rings. The summed E-state index contributed by atoms with van der Waals surface area (Å²) < 4.78 is 0. The van der Waals surface area contributed by atoms with Gasteiger partial charge < -0.3 is 20.2 Å². The standard InChI is InChI=1S/C24H34ClN5O/c25-22-11-20(6-5-19(22)13-26)28-23(18-3-1-2-4-18)12-24(27)30-15-17(16-30)14-29-9-7-21(31)8-10-29/h5-6,11,17-18,21,23,27-28,31H,1-4,7-10,12,14-16H2. The number of nitrogens with one attached hydrogen (secondary N) is 2. The number of rotatable bonds is 7. The van der Waals surface area contributed by atoms with E-state index >= 15 is 0 Å². The van der Waals surface area contributed by atoms with E-state index in [-0.39, 0.29) is 12.1 Å². The van der Waals surface area contributed by atoms with Crippen LogP contribution in [0.3, 0.4) is 0 Å². The molecule has 0 amide bonds. The second-order valence-corrected chi connectivity index (χ2v) is 9.96. The van der Waals surface area contributed by atoms with E-state index in [1.54, 1.807) is 6.07 Å². The minimum absolute atomic E-state index is 0.117. The first-order chi connectivity index (χ1) is 15.0. The highest BCUT2D eigenvalue weighted by Gasteiger charge is 2.33. The number of benzene rings is 1. The van der Waals surface area contributed by atoms with Crippen molar-refractivity contribution in [1.29, 1.82) is 10.7 Å². The topological polar surface area (TPSA) is 86.4 Å². The summed E-state index contributed by atoms with van der Waals surface area (Å²) in [6.45, 7) is 5.02. The van der Waals surface area contributed by atoms with Crippen LogP contribution in [0.1, 0.15) is 50.5 Å². The lowest BCUT2D eigenvalue weighted by Gasteiger charge is -2.45. The molecule has 6 nitrogen and oxygen atoms in total. The maximum Gasteiger partial charge on any atom is 0.101 e. The number of aliphatic hydroxyl groups excluding tert-OH is 1. The molecule has 4 rings (SSSR count). The maximum absolute atomic E-state index is 9.68. The zero-order chi connectivity index (χ0) is 21.8. The first kappa shape index (κ1) is 22.4. The number of aliphatic hydroxyl groups is 1. The second kappa shape index (κ2) is 10.2. The third-order valence-corrected chi connectivity index (χ3v) is 7.55. The van der Waals surface area contributed by atoms with Crippen LogP contribution in [-0.2, 0) is 0 Å². The molecule has 1 saturated carbocycles. The lowest BCUT2D eigenvalue weighted by Crippen LogP contribution is -2.55. The molecule has 2 saturated heterocycles. The summed E-state index contributed by atoms with van der Waals surface area (Å²) in [6.07, 6.45) is 7.33. The van der Waals surface area contributed by atoms with Gasteiger partial charge >= 0.3 is 0 Å². The molecule has 0 aromatic heterocycles. The van der Waals surface area contributed by atoms with Crippen LogP contribution >= 0.6 is 11.6 Å².